The summed E-state index contributed by atoms with van der Waals surface area (Å²) in [4.78, 5) is 13.8. The van der Waals surface area contributed by atoms with Crippen LogP contribution in [0.1, 0.15) is 6.92 Å². The molecule has 0 bridgehead atoms. The standard InChI is InChI=1S/C14H22N2O3/c1-11(14(17)15-8-9-16(2)3)19-13-7-5-6-12(10-13)18-4/h5-7,10-11H,8-9H2,1-4H3,(H,15,17)/t11-/m1/s1. The lowest BCUT2D eigenvalue weighted by Gasteiger charge is -2.16. The fourth-order valence-corrected chi connectivity index (χ4v) is 1.48. The Hall–Kier alpha value is -1.75. The van der Waals surface area contributed by atoms with Crippen molar-refractivity contribution in [3.63, 3.8) is 0 Å². The minimum Gasteiger partial charge on any atom is -0.497 e. The number of amides is 1. The van der Waals surface area contributed by atoms with Crippen LogP contribution in [0.15, 0.2) is 24.3 Å². The highest BCUT2D eigenvalue weighted by Gasteiger charge is 2.14. The lowest BCUT2D eigenvalue weighted by atomic mass is 10.3. The van der Waals surface area contributed by atoms with Crippen molar-refractivity contribution < 1.29 is 14.3 Å². The average Bonchev–Trinajstić information content (AvgIpc) is 2.38. The van der Waals surface area contributed by atoms with Gasteiger partial charge in [-0.1, -0.05) is 6.07 Å². The van der Waals surface area contributed by atoms with Gasteiger partial charge in [-0.3, -0.25) is 4.79 Å². The second-order valence-corrected chi connectivity index (χ2v) is 4.53. The Morgan fingerprint density at radius 3 is 2.68 bits per heavy atom. The van der Waals surface area contributed by atoms with Gasteiger partial charge < -0.3 is 19.7 Å². The first-order chi connectivity index (χ1) is 9.02. The van der Waals surface area contributed by atoms with Crippen LogP contribution < -0.4 is 14.8 Å². The van der Waals surface area contributed by atoms with Crippen LogP contribution in [0.5, 0.6) is 11.5 Å². The second kappa shape index (κ2) is 7.63. The van der Waals surface area contributed by atoms with Crippen LogP contribution in [0.25, 0.3) is 0 Å². The molecule has 0 heterocycles. The molecular weight excluding hydrogens is 244 g/mol. The Bertz CT molecular complexity index is 407. The molecule has 0 aliphatic heterocycles. The van der Waals surface area contributed by atoms with Crippen LogP contribution in [0.3, 0.4) is 0 Å². The Morgan fingerprint density at radius 2 is 2.05 bits per heavy atom. The number of carbonyl (C=O) groups is 1. The minimum atomic E-state index is -0.533. The summed E-state index contributed by atoms with van der Waals surface area (Å²) < 4.78 is 10.7. The van der Waals surface area contributed by atoms with E-state index in [1.54, 1.807) is 26.2 Å². The molecule has 1 aromatic rings. The first-order valence-electron chi connectivity index (χ1n) is 6.26. The normalized spacial score (nSPS) is 12.1. The van der Waals surface area contributed by atoms with Crippen LogP contribution in [0.4, 0.5) is 0 Å². The van der Waals surface area contributed by atoms with Crippen LogP contribution in [0.2, 0.25) is 0 Å². The molecule has 0 saturated heterocycles. The summed E-state index contributed by atoms with van der Waals surface area (Å²) in [5.41, 5.74) is 0. The Morgan fingerprint density at radius 1 is 1.37 bits per heavy atom. The van der Waals surface area contributed by atoms with Gasteiger partial charge in [0.25, 0.3) is 5.91 Å². The number of carbonyl (C=O) groups excluding carboxylic acids is 1. The molecule has 1 aromatic carbocycles. The Balaban J connectivity index is 2.44. The van der Waals surface area contributed by atoms with Gasteiger partial charge in [0, 0.05) is 19.2 Å². The smallest absolute Gasteiger partial charge is 0.260 e. The van der Waals surface area contributed by atoms with E-state index in [2.05, 4.69) is 5.32 Å². The zero-order valence-electron chi connectivity index (χ0n) is 12.0. The number of ether oxygens (including phenoxy) is 2. The number of nitrogens with zero attached hydrogens (tertiary/aromatic N) is 1. The summed E-state index contributed by atoms with van der Waals surface area (Å²) in [6.07, 6.45) is -0.533. The molecule has 1 amide bonds. The average molecular weight is 266 g/mol. The maximum Gasteiger partial charge on any atom is 0.260 e. The summed E-state index contributed by atoms with van der Waals surface area (Å²) >= 11 is 0. The zero-order chi connectivity index (χ0) is 14.3. The molecule has 1 N–H and O–H groups in total. The second-order valence-electron chi connectivity index (χ2n) is 4.53. The lowest BCUT2D eigenvalue weighted by molar-refractivity contribution is -0.127. The molecule has 1 rings (SSSR count). The van der Waals surface area contributed by atoms with Crippen LogP contribution >= 0.6 is 0 Å². The molecular formula is C14H22N2O3. The third-order valence-corrected chi connectivity index (χ3v) is 2.58. The largest absolute Gasteiger partial charge is 0.497 e. The monoisotopic (exact) mass is 266 g/mol. The van der Waals surface area contributed by atoms with Gasteiger partial charge in [-0.25, -0.2) is 0 Å². The maximum atomic E-state index is 11.8. The van der Waals surface area contributed by atoms with Crippen LogP contribution in [-0.2, 0) is 4.79 Å². The summed E-state index contributed by atoms with van der Waals surface area (Å²) in [6, 6.07) is 7.20. The fraction of sp³-hybridized carbons (Fsp3) is 0.500. The van der Waals surface area contributed by atoms with Gasteiger partial charge in [-0.05, 0) is 33.2 Å². The van der Waals surface area contributed by atoms with Crippen LogP contribution in [-0.4, -0.2) is 51.2 Å². The highest BCUT2D eigenvalue weighted by Crippen LogP contribution is 2.19. The number of rotatable bonds is 7. The third-order valence-electron chi connectivity index (χ3n) is 2.58. The van der Waals surface area contributed by atoms with Gasteiger partial charge in [-0.2, -0.15) is 0 Å². The number of nitrogens with one attached hydrogen (secondary N) is 1. The topological polar surface area (TPSA) is 50.8 Å². The van der Waals surface area contributed by atoms with Gasteiger partial charge >= 0.3 is 0 Å². The summed E-state index contributed by atoms with van der Waals surface area (Å²) in [5, 5.41) is 2.83. The van der Waals surface area contributed by atoms with Crippen LogP contribution in [0, 0.1) is 0 Å². The minimum absolute atomic E-state index is 0.121. The van der Waals surface area contributed by atoms with Gasteiger partial charge in [0.1, 0.15) is 11.5 Å². The molecule has 0 spiro atoms. The van der Waals surface area contributed by atoms with Gasteiger partial charge in [0.15, 0.2) is 6.10 Å². The fourth-order valence-electron chi connectivity index (χ4n) is 1.48. The molecule has 0 aromatic heterocycles. The molecule has 1 atom stereocenters. The van der Waals surface area contributed by atoms with E-state index in [-0.39, 0.29) is 5.91 Å². The number of hydrogen-bond donors (Lipinski definition) is 1. The molecule has 19 heavy (non-hydrogen) atoms. The quantitative estimate of drug-likeness (QED) is 0.804. The van der Waals surface area contributed by atoms with Crippen molar-refractivity contribution in [1.29, 1.82) is 0 Å². The Labute approximate surface area is 114 Å². The molecule has 0 radical (unpaired) electrons. The zero-order valence-corrected chi connectivity index (χ0v) is 12.0. The number of hydrogen-bond acceptors (Lipinski definition) is 4. The number of methoxy groups -OCH3 is 1. The SMILES string of the molecule is COc1cccc(O[C@H](C)C(=O)NCCN(C)C)c1. The van der Waals surface area contributed by atoms with E-state index in [9.17, 15) is 4.79 Å². The van der Waals surface area contributed by atoms with Crippen molar-refractivity contribution in [3.8, 4) is 11.5 Å². The molecule has 0 saturated carbocycles. The number of benzene rings is 1. The first-order valence-corrected chi connectivity index (χ1v) is 6.26. The van der Waals surface area contributed by atoms with Gasteiger partial charge in [-0.15, -0.1) is 0 Å². The van der Waals surface area contributed by atoms with Crippen molar-refractivity contribution in [2.45, 2.75) is 13.0 Å². The van der Waals surface area contributed by atoms with E-state index >= 15 is 0 Å². The first kappa shape index (κ1) is 15.3. The van der Waals surface area contributed by atoms with Crippen molar-refractivity contribution in [2.24, 2.45) is 0 Å². The predicted molar refractivity (Wildman–Crippen MR) is 74.6 cm³/mol. The number of likely N-dealkylation sites (N-methyl/N-ethyl adjacent to an activating group) is 1. The van der Waals surface area contributed by atoms with E-state index in [1.807, 2.05) is 31.1 Å². The highest BCUT2D eigenvalue weighted by molar-refractivity contribution is 5.80. The lowest BCUT2D eigenvalue weighted by Crippen LogP contribution is -2.39. The van der Waals surface area contributed by atoms with Gasteiger partial charge in [0.05, 0.1) is 7.11 Å². The third kappa shape index (κ3) is 5.61. The van der Waals surface area contributed by atoms with E-state index < -0.39 is 6.10 Å². The molecule has 0 fully saturated rings. The molecule has 5 nitrogen and oxygen atoms in total. The van der Waals surface area contributed by atoms with E-state index in [4.69, 9.17) is 9.47 Å². The molecule has 0 aliphatic carbocycles. The summed E-state index contributed by atoms with van der Waals surface area (Å²) in [7, 11) is 5.52. The van der Waals surface area contributed by atoms with Crippen molar-refractivity contribution in [3.05, 3.63) is 24.3 Å². The van der Waals surface area contributed by atoms with Crippen molar-refractivity contribution >= 4 is 5.91 Å². The summed E-state index contributed by atoms with van der Waals surface area (Å²) in [5.74, 6) is 1.21. The van der Waals surface area contributed by atoms with Crippen molar-refractivity contribution in [1.82, 2.24) is 10.2 Å². The maximum absolute atomic E-state index is 11.8. The molecule has 106 valence electrons. The van der Waals surface area contributed by atoms with E-state index in [1.165, 1.54) is 0 Å². The molecule has 0 aliphatic rings. The highest BCUT2D eigenvalue weighted by atomic mass is 16.5. The molecule has 5 heteroatoms. The van der Waals surface area contributed by atoms with Crippen molar-refractivity contribution in [2.75, 3.05) is 34.3 Å². The van der Waals surface area contributed by atoms with Gasteiger partial charge in [0.2, 0.25) is 0 Å². The van der Waals surface area contributed by atoms with E-state index in [0.717, 1.165) is 6.54 Å². The Kier molecular flexibility index (Phi) is 6.15. The molecule has 0 unspecified atom stereocenters. The van der Waals surface area contributed by atoms with E-state index in [0.29, 0.717) is 18.0 Å². The predicted octanol–water partition coefficient (Wildman–Crippen LogP) is 1.14. The summed E-state index contributed by atoms with van der Waals surface area (Å²) in [6.45, 7) is 3.14.